The molecule has 1 unspecified atom stereocenters. The Morgan fingerprint density at radius 3 is 2.54 bits per heavy atom. The lowest BCUT2D eigenvalue weighted by atomic mass is 10.1. The Morgan fingerprint density at radius 2 is 1.92 bits per heavy atom. The Morgan fingerprint density at radius 1 is 1.31 bits per heavy atom. The van der Waals surface area contributed by atoms with Gasteiger partial charge in [-0.1, -0.05) is 6.92 Å². The molecule has 1 aliphatic carbocycles. The van der Waals surface area contributed by atoms with Crippen molar-refractivity contribution >= 4 is 15.9 Å². The standard InChI is InChI=1S/C11H13BrO/c1-7-3-8-5-10(12)11(13-2)6-9(8)4-7/h5-7H,3-4H2,1-2H3. The molecule has 13 heavy (non-hydrogen) atoms. The summed E-state index contributed by atoms with van der Waals surface area (Å²) >= 11 is 3.50. The van der Waals surface area contributed by atoms with Gasteiger partial charge in [0.1, 0.15) is 5.75 Å². The molecule has 0 fully saturated rings. The predicted octanol–water partition coefficient (Wildman–Crippen LogP) is 3.19. The van der Waals surface area contributed by atoms with Crippen molar-refractivity contribution in [3.05, 3.63) is 27.7 Å². The smallest absolute Gasteiger partial charge is 0.133 e. The van der Waals surface area contributed by atoms with E-state index in [1.807, 2.05) is 0 Å². The normalized spacial score (nSPS) is 20.1. The highest BCUT2D eigenvalue weighted by Crippen LogP contribution is 2.34. The van der Waals surface area contributed by atoms with Gasteiger partial charge in [-0.3, -0.25) is 0 Å². The van der Waals surface area contributed by atoms with E-state index in [1.165, 1.54) is 24.0 Å². The van der Waals surface area contributed by atoms with Crippen molar-refractivity contribution in [2.75, 3.05) is 7.11 Å². The molecule has 1 aromatic rings. The Hall–Kier alpha value is -0.500. The lowest BCUT2D eigenvalue weighted by Crippen LogP contribution is -1.89. The second-order valence-electron chi connectivity index (χ2n) is 3.77. The van der Waals surface area contributed by atoms with Gasteiger partial charge in [-0.2, -0.15) is 0 Å². The summed E-state index contributed by atoms with van der Waals surface area (Å²) in [6, 6.07) is 4.35. The summed E-state index contributed by atoms with van der Waals surface area (Å²) in [5.41, 5.74) is 2.92. The number of hydrogen-bond donors (Lipinski definition) is 0. The quantitative estimate of drug-likeness (QED) is 0.733. The van der Waals surface area contributed by atoms with Crippen molar-refractivity contribution < 1.29 is 4.74 Å². The highest BCUT2D eigenvalue weighted by Gasteiger charge is 2.19. The second kappa shape index (κ2) is 3.33. The van der Waals surface area contributed by atoms with Crippen LogP contribution in [0.4, 0.5) is 0 Å². The third-order valence-corrected chi connectivity index (χ3v) is 3.23. The fourth-order valence-electron chi connectivity index (χ4n) is 2.00. The predicted molar refractivity (Wildman–Crippen MR) is 57.3 cm³/mol. The zero-order valence-electron chi connectivity index (χ0n) is 7.93. The van der Waals surface area contributed by atoms with E-state index in [-0.39, 0.29) is 0 Å². The lowest BCUT2D eigenvalue weighted by Gasteiger charge is -2.06. The highest BCUT2D eigenvalue weighted by molar-refractivity contribution is 9.10. The first-order chi connectivity index (χ1) is 6.20. The first kappa shape index (κ1) is 9.07. The summed E-state index contributed by atoms with van der Waals surface area (Å²) in [6.07, 6.45) is 2.40. The van der Waals surface area contributed by atoms with Crippen molar-refractivity contribution in [3.8, 4) is 5.75 Å². The number of rotatable bonds is 1. The van der Waals surface area contributed by atoms with Crippen LogP contribution in [-0.2, 0) is 12.8 Å². The molecule has 0 saturated carbocycles. The van der Waals surface area contributed by atoms with Gasteiger partial charge >= 0.3 is 0 Å². The summed E-state index contributed by atoms with van der Waals surface area (Å²) in [6.45, 7) is 2.29. The maximum Gasteiger partial charge on any atom is 0.133 e. The lowest BCUT2D eigenvalue weighted by molar-refractivity contribution is 0.411. The number of ether oxygens (including phenoxy) is 1. The first-order valence-electron chi connectivity index (χ1n) is 4.56. The Labute approximate surface area is 87.2 Å². The van der Waals surface area contributed by atoms with Crippen LogP contribution in [0.5, 0.6) is 5.75 Å². The average Bonchev–Trinajstić information content (AvgIpc) is 2.42. The van der Waals surface area contributed by atoms with Crippen molar-refractivity contribution in [2.24, 2.45) is 5.92 Å². The van der Waals surface area contributed by atoms with Gasteiger partial charge in [0.2, 0.25) is 0 Å². The molecule has 0 aromatic heterocycles. The van der Waals surface area contributed by atoms with Gasteiger partial charge in [0.05, 0.1) is 11.6 Å². The minimum absolute atomic E-state index is 0.786. The molecule has 70 valence electrons. The molecule has 0 bridgehead atoms. The molecule has 0 aliphatic heterocycles. The van der Waals surface area contributed by atoms with Gasteiger partial charge in [0.25, 0.3) is 0 Å². The van der Waals surface area contributed by atoms with Crippen LogP contribution in [0.25, 0.3) is 0 Å². The van der Waals surface area contributed by atoms with Gasteiger partial charge in [0, 0.05) is 0 Å². The van der Waals surface area contributed by atoms with Crippen LogP contribution in [-0.4, -0.2) is 7.11 Å². The van der Waals surface area contributed by atoms with Crippen LogP contribution in [0.3, 0.4) is 0 Å². The fourth-order valence-corrected chi connectivity index (χ4v) is 2.55. The first-order valence-corrected chi connectivity index (χ1v) is 5.35. The van der Waals surface area contributed by atoms with E-state index < -0.39 is 0 Å². The van der Waals surface area contributed by atoms with Gasteiger partial charge < -0.3 is 4.74 Å². The number of benzene rings is 1. The zero-order chi connectivity index (χ0) is 9.42. The SMILES string of the molecule is COc1cc2c(cc1Br)CC(C)C2. The third-order valence-electron chi connectivity index (χ3n) is 2.61. The summed E-state index contributed by atoms with van der Waals surface area (Å²) < 4.78 is 6.33. The van der Waals surface area contributed by atoms with E-state index in [4.69, 9.17) is 4.74 Å². The van der Waals surface area contributed by atoms with Crippen LogP contribution in [0.2, 0.25) is 0 Å². The molecule has 1 aliphatic rings. The molecular weight excluding hydrogens is 228 g/mol. The van der Waals surface area contributed by atoms with E-state index in [2.05, 4.69) is 35.0 Å². The highest BCUT2D eigenvalue weighted by atomic mass is 79.9. The van der Waals surface area contributed by atoms with E-state index in [0.29, 0.717) is 0 Å². The van der Waals surface area contributed by atoms with Crippen molar-refractivity contribution in [3.63, 3.8) is 0 Å². The molecular formula is C11H13BrO. The van der Waals surface area contributed by atoms with Crippen LogP contribution >= 0.6 is 15.9 Å². The molecule has 0 radical (unpaired) electrons. The van der Waals surface area contributed by atoms with Gasteiger partial charge in [0.15, 0.2) is 0 Å². The molecule has 0 heterocycles. The van der Waals surface area contributed by atoms with Crippen LogP contribution in [0, 0.1) is 5.92 Å². The summed E-state index contributed by atoms with van der Waals surface area (Å²) in [7, 11) is 1.71. The van der Waals surface area contributed by atoms with Crippen LogP contribution < -0.4 is 4.74 Å². The van der Waals surface area contributed by atoms with E-state index in [1.54, 1.807) is 7.11 Å². The van der Waals surface area contributed by atoms with Gasteiger partial charge in [-0.25, -0.2) is 0 Å². The van der Waals surface area contributed by atoms with Crippen molar-refractivity contribution in [1.82, 2.24) is 0 Å². The largest absolute Gasteiger partial charge is 0.496 e. The monoisotopic (exact) mass is 240 g/mol. The van der Waals surface area contributed by atoms with Gasteiger partial charge in [-0.05, 0) is 57.9 Å². The van der Waals surface area contributed by atoms with E-state index >= 15 is 0 Å². The topological polar surface area (TPSA) is 9.23 Å². The number of methoxy groups -OCH3 is 1. The summed E-state index contributed by atoms with van der Waals surface area (Å²) in [4.78, 5) is 0. The summed E-state index contributed by atoms with van der Waals surface area (Å²) in [5.74, 6) is 1.74. The maximum absolute atomic E-state index is 5.26. The molecule has 1 atom stereocenters. The van der Waals surface area contributed by atoms with Crippen LogP contribution in [0.1, 0.15) is 18.1 Å². The van der Waals surface area contributed by atoms with Crippen LogP contribution in [0.15, 0.2) is 16.6 Å². The molecule has 0 N–H and O–H groups in total. The zero-order valence-corrected chi connectivity index (χ0v) is 9.52. The minimum Gasteiger partial charge on any atom is -0.496 e. The third kappa shape index (κ3) is 1.60. The van der Waals surface area contributed by atoms with Gasteiger partial charge in [-0.15, -0.1) is 0 Å². The average molecular weight is 241 g/mol. The Kier molecular flexibility index (Phi) is 2.33. The maximum atomic E-state index is 5.26. The molecule has 1 aromatic carbocycles. The second-order valence-corrected chi connectivity index (χ2v) is 4.62. The van der Waals surface area contributed by atoms with Crippen molar-refractivity contribution in [2.45, 2.75) is 19.8 Å². The molecule has 0 spiro atoms. The Balaban J connectivity index is 2.44. The number of halogens is 1. The number of fused-ring (bicyclic) bond motifs is 1. The molecule has 0 saturated heterocycles. The summed E-state index contributed by atoms with van der Waals surface area (Å²) in [5, 5.41) is 0. The fraction of sp³-hybridized carbons (Fsp3) is 0.455. The minimum atomic E-state index is 0.786. The van der Waals surface area contributed by atoms with E-state index in [0.717, 1.165) is 16.1 Å². The van der Waals surface area contributed by atoms with E-state index in [9.17, 15) is 0 Å². The van der Waals surface area contributed by atoms with Crippen molar-refractivity contribution in [1.29, 1.82) is 0 Å². The molecule has 0 amide bonds. The molecule has 2 rings (SSSR count). The Bertz CT molecular complexity index is 333. The molecule has 2 heteroatoms. The molecule has 1 nitrogen and oxygen atoms in total. The number of hydrogen-bond acceptors (Lipinski definition) is 1.